The topological polar surface area (TPSA) is 142 Å². The number of primary amides is 1. The summed E-state index contributed by atoms with van der Waals surface area (Å²) in [4.78, 5) is 38.9. The molecule has 10 nitrogen and oxygen atoms in total. The van der Waals surface area contributed by atoms with E-state index in [-0.39, 0.29) is 23.6 Å². The molecule has 13 heteroatoms. The van der Waals surface area contributed by atoms with Crippen molar-refractivity contribution in [2.75, 3.05) is 7.11 Å². The molecule has 0 radical (unpaired) electrons. The number of nitrogens with zero attached hydrogens (tertiary/aromatic N) is 4. The van der Waals surface area contributed by atoms with Crippen LogP contribution >= 0.6 is 38.9 Å². The van der Waals surface area contributed by atoms with E-state index in [0.29, 0.717) is 22.3 Å². The molecule has 1 fully saturated rings. The number of carbonyl (C=O) groups is 3. The fourth-order valence-corrected chi connectivity index (χ4v) is 6.66. The third-order valence-electron chi connectivity index (χ3n) is 7.47. The van der Waals surface area contributed by atoms with Crippen molar-refractivity contribution in [3.05, 3.63) is 103 Å². The molecule has 246 valence electrons. The Morgan fingerprint density at radius 1 is 1.09 bits per heavy atom. The number of hydrogen-bond donors (Lipinski definition) is 2. The number of amides is 2. The number of nitrogens with one attached hydrogen (secondary N) is 1. The molecule has 2 aromatic carbocycles. The largest absolute Gasteiger partial charge is 0.497 e. The van der Waals surface area contributed by atoms with Gasteiger partial charge in [-0.2, -0.15) is 0 Å². The van der Waals surface area contributed by atoms with Crippen molar-refractivity contribution in [2.45, 2.75) is 59.5 Å². The number of benzene rings is 2. The van der Waals surface area contributed by atoms with Crippen LogP contribution in [0.25, 0.3) is 5.00 Å². The molecular weight excluding hydrogens is 704 g/mol. The molecule has 0 spiro atoms. The molecule has 3 N–H and O–H groups in total. The fraction of sp³-hybridized carbons (Fsp3) is 0.294. The average Bonchev–Trinajstić information content (AvgIpc) is 3.46. The maximum atomic E-state index is 12.0. The van der Waals surface area contributed by atoms with Gasteiger partial charge in [-0.25, -0.2) is 0 Å². The van der Waals surface area contributed by atoms with Gasteiger partial charge in [-0.05, 0) is 97.9 Å². The Morgan fingerprint density at radius 3 is 2.36 bits per heavy atom. The summed E-state index contributed by atoms with van der Waals surface area (Å²) in [5, 5.41) is 13.2. The first-order chi connectivity index (χ1) is 22.4. The van der Waals surface area contributed by atoms with E-state index < -0.39 is 0 Å². The molecule has 0 saturated heterocycles. The number of aromatic nitrogens is 3. The first kappa shape index (κ1) is 35.7. The van der Waals surface area contributed by atoms with E-state index >= 15 is 0 Å². The molecule has 1 aliphatic carbocycles. The van der Waals surface area contributed by atoms with Crippen LogP contribution in [-0.2, 0) is 16.1 Å². The smallest absolute Gasteiger partial charge is 0.244 e. The fourth-order valence-electron chi connectivity index (χ4n) is 4.76. The Hall–Kier alpha value is -4.13. The predicted molar refractivity (Wildman–Crippen MR) is 189 cm³/mol. The minimum atomic E-state index is -0.333. The second kappa shape index (κ2) is 16.1. The second-order valence-electron chi connectivity index (χ2n) is 10.9. The van der Waals surface area contributed by atoms with E-state index in [2.05, 4.69) is 55.6 Å². The summed E-state index contributed by atoms with van der Waals surface area (Å²) in [6, 6.07) is 13.2. The van der Waals surface area contributed by atoms with E-state index in [0.717, 1.165) is 52.2 Å². The lowest BCUT2D eigenvalue weighted by Gasteiger charge is -2.25. The average molecular weight is 740 g/mol. The van der Waals surface area contributed by atoms with Gasteiger partial charge < -0.3 is 15.8 Å². The first-order valence-corrected chi connectivity index (χ1v) is 16.8. The summed E-state index contributed by atoms with van der Waals surface area (Å²) in [6.07, 6.45) is 5.79. The van der Waals surface area contributed by atoms with Crippen LogP contribution in [0.5, 0.6) is 5.75 Å². The summed E-state index contributed by atoms with van der Waals surface area (Å²) in [7, 11) is 1.56. The van der Waals surface area contributed by atoms with Crippen LogP contribution in [0.1, 0.15) is 69.8 Å². The maximum Gasteiger partial charge on any atom is 0.244 e. The number of ether oxygens (including phenoxy) is 1. The first-order valence-electron chi connectivity index (χ1n) is 14.8. The number of aliphatic imine (C=N–C) groups is 1. The zero-order chi connectivity index (χ0) is 34.2. The normalized spacial score (nSPS) is 13.4. The summed E-state index contributed by atoms with van der Waals surface area (Å²) >= 11 is 11.1. The Kier molecular flexibility index (Phi) is 12.3. The van der Waals surface area contributed by atoms with Crippen LogP contribution in [0, 0.1) is 20.8 Å². The number of allylic oxidation sites excluding steroid dienone is 1. The molecule has 2 aromatic heterocycles. The zero-order valence-corrected chi connectivity index (χ0v) is 29.9. The standard InChI is InChI=1S/C17H15ClN4S.C15H16BrNO3.C2H5NO/c1-9-10(2)23-17-15(9)16(12-4-6-13(18)7-5-12)19-8-14-21-20-11(3)22(14)17;1-20-11-5-6-12(13(16)9-11)14(18)7-8-15(19)17-10-3-2-4-10;1-2(3)4/h4-7H,8H2,1-3H3;5-10H,2-4H2,1H3,(H,17,19);1H3,(H2,3,4)/b;8-7+;. The lowest BCUT2D eigenvalue weighted by atomic mass is 9.93. The van der Waals surface area contributed by atoms with Crippen LogP contribution < -0.4 is 15.8 Å². The van der Waals surface area contributed by atoms with Gasteiger partial charge in [0.15, 0.2) is 11.6 Å². The van der Waals surface area contributed by atoms with Crippen molar-refractivity contribution < 1.29 is 19.1 Å². The molecule has 2 amide bonds. The van der Waals surface area contributed by atoms with Crippen molar-refractivity contribution in [3.8, 4) is 10.8 Å². The van der Waals surface area contributed by atoms with Crippen LogP contribution in [0.3, 0.4) is 0 Å². The van der Waals surface area contributed by atoms with Crippen molar-refractivity contribution in [1.82, 2.24) is 20.1 Å². The highest BCUT2D eigenvalue weighted by molar-refractivity contribution is 9.10. The number of halogens is 2. The lowest BCUT2D eigenvalue weighted by Crippen LogP contribution is -2.38. The molecule has 1 saturated carbocycles. The minimum absolute atomic E-state index is 0.215. The summed E-state index contributed by atoms with van der Waals surface area (Å²) in [5.74, 6) is 1.68. The number of fused-ring (bicyclic) bond motifs is 3. The SMILES string of the molecule is CC(N)=O.COc1ccc(C(=O)/C=C/C(=O)NC2CCC2)c(Br)c1.Cc1sc2c(c1C)C(c1ccc(Cl)cc1)=NCc1nnc(C)n1-2. The molecule has 3 heterocycles. The van der Waals surface area contributed by atoms with Gasteiger partial charge in [-0.1, -0.05) is 23.7 Å². The van der Waals surface area contributed by atoms with Gasteiger partial charge in [-0.3, -0.25) is 23.9 Å². The Labute approximate surface area is 291 Å². The molecule has 0 bridgehead atoms. The third-order valence-corrected chi connectivity index (χ3v) is 9.57. The van der Waals surface area contributed by atoms with Crippen LogP contribution in [0.15, 0.2) is 64.1 Å². The van der Waals surface area contributed by atoms with Gasteiger partial charge in [0, 0.05) is 50.1 Å². The van der Waals surface area contributed by atoms with Gasteiger partial charge in [-0.15, -0.1) is 21.5 Å². The molecule has 0 unspecified atom stereocenters. The van der Waals surface area contributed by atoms with E-state index in [4.69, 9.17) is 21.3 Å². The third kappa shape index (κ3) is 9.03. The molecule has 6 rings (SSSR count). The molecule has 4 aromatic rings. The number of ketones is 1. The van der Waals surface area contributed by atoms with Gasteiger partial charge >= 0.3 is 0 Å². The van der Waals surface area contributed by atoms with Crippen LogP contribution in [0.4, 0.5) is 0 Å². The molecule has 0 atom stereocenters. The number of hydrogen-bond acceptors (Lipinski definition) is 8. The summed E-state index contributed by atoms with van der Waals surface area (Å²) in [6.45, 7) is 8.12. The predicted octanol–water partition coefficient (Wildman–Crippen LogP) is 6.62. The minimum Gasteiger partial charge on any atom is -0.497 e. The number of methoxy groups -OCH3 is 1. The Bertz CT molecular complexity index is 1840. The maximum absolute atomic E-state index is 12.0. The van der Waals surface area contributed by atoms with E-state index in [1.165, 1.54) is 35.1 Å². The number of thiophene rings is 1. The quantitative estimate of drug-likeness (QED) is 0.168. The van der Waals surface area contributed by atoms with E-state index in [1.54, 1.807) is 36.6 Å². The number of nitrogens with two attached hydrogens (primary N) is 1. The van der Waals surface area contributed by atoms with Crippen molar-refractivity contribution in [1.29, 1.82) is 0 Å². The molecular formula is C34H36BrClN6O4S. The monoisotopic (exact) mass is 738 g/mol. The van der Waals surface area contributed by atoms with Crippen molar-refractivity contribution in [3.63, 3.8) is 0 Å². The van der Waals surface area contributed by atoms with Crippen molar-refractivity contribution >= 4 is 62.2 Å². The number of carbonyl (C=O) groups excluding carboxylic acids is 3. The molecule has 47 heavy (non-hydrogen) atoms. The van der Waals surface area contributed by atoms with Crippen molar-refractivity contribution in [2.24, 2.45) is 10.7 Å². The van der Waals surface area contributed by atoms with Gasteiger partial charge in [0.25, 0.3) is 0 Å². The highest BCUT2D eigenvalue weighted by Crippen LogP contribution is 2.36. The van der Waals surface area contributed by atoms with Crippen LogP contribution in [0.2, 0.25) is 5.02 Å². The van der Waals surface area contributed by atoms with Crippen LogP contribution in [-0.4, -0.2) is 51.2 Å². The number of rotatable bonds is 6. The highest BCUT2D eigenvalue weighted by atomic mass is 79.9. The summed E-state index contributed by atoms with van der Waals surface area (Å²) in [5.41, 5.74) is 9.49. The van der Waals surface area contributed by atoms with E-state index in [1.807, 2.05) is 31.2 Å². The molecule has 1 aliphatic heterocycles. The molecule has 2 aliphatic rings. The van der Waals surface area contributed by atoms with Gasteiger partial charge in [0.2, 0.25) is 11.8 Å². The lowest BCUT2D eigenvalue weighted by molar-refractivity contribution is -0.118. The van der Waals surface area contributed by atoms with Gasteiger partial charge in [0.1, 0.15) is 23.1 Å². The Balaban J connectivity index is 0.000000193. The highest BCUT2D eigenvalue weighted by Gasteiger charge is 2.26. The Morgan fingerprint density at radius 2 is 1.77 bits per heavy atom. The second-order valence-corrected chi connectivity index (χ2v) is 13.4. The zero-order valence-electron chi connectivity index (χ0n) is 26.8. The summed E-state index contributed by atoms with van der Waals surface area (Å²) < 4.78 is 7.84. The van der Waals surface area contributed by atoms with E-state index in [9.17, 15) is 14.4 Å². The van der Waals surface area contributed by atoms with Gasteiger partial charge in [0.05, 0.1) is 12.8 Å². The number of aryl methyl sites for hydroxylation is 2.